The third-order valence-corrected chi connectivity index (χ3v) is 6.73. The van der Waals surface area contributed by atoms with E-state index in [0.29, 0.717) is 12.5 Å². The van der Waals surface area contributed by atoms with Crippen molar-refractivity contribution in [3.63, 3.8) is 0 Å². The molecule has 8 nitrogen and oxygen atoms in total. The highest BCUT2D eigenvalue weighted by Gasteiger charge is 2.26. The second-order valence-corrected chi connectivity index (χ2v) is 9.44. The molecular formula is C26H32N6O2. The van der Waals surface area contributed by atoms with E-state index in [1.807, 2.05) is 36.0 Å². The van der Waals surface area contributed by atoms with Crippen molar-refractivity contribution >= 4 is 17.4 Å². The molecule has 2 N–H and O–H groups in total. The number of carbonyl (C=O) groups is 2. The van der Waals surface area contributed by atoms with E-state index in [9.17, 15) is 14.9 Å². The predicted octanol–water partition coefficient (Wildman–Crippen LogP) is 3.07. The molecule has 2 amide bonds. The Bertz CT molecular complexity index is 1150. The zero-order valence-electron chi connectivity index (χ0n) is 20.0. The molecule has 8 heteroatoms. The number of likely N-dealkylation sites (tertiary alicyclic amines) is 1. The maximum Gasteiger partial charge on any atom is 0.285 e. The van der Waals surface area contributed by atoms with Crippen LogP contribution in [0.2, 0.25) is 0 Å². The quantitative estimate of drug-likeness (QED) is 0.713. The van der Waals surface area contributed by atoms with Crippen LogP contribution in [0.1, 0.15) is 71.9 Å². The lowest BCUT2D eigenvalue weighted by Crippen LogP contribution is -2.42. The van der Waals surface area contributed by atoms with Gasteiger partial charge in [0, 0.05) is 24.8 Å². The third-order valence-electron chi connectivity index (χ3n) is 6.73. The van der Waals surface area contributed by atoms with Gasteiger partial charge in [-0.05, 0) is 81.8 Å². The molecule has 0 unspecified atom stereocenters. The zero-order valence-corrected chi connectivity index (χ0v) is 20.0. The van der Waals surface area contributed by atoms with Crippen LogP contribution in [0, 0.1) is 11.3 Å². The maximum absolute atomic E-state index is 12.4. The Balaban J connectivity index is 1.66. The normalized spacial score (nSPS) is 16.9. The van der Waals surface area contributed by atoms with Crippen molar-refractivity contribution in [3.05, 3.63) is 53.1 Å². The summed E-state index contributed by atoms with van der Waals surface area (Å²) in [7, 11) is 3.83. The lowest BCUT2D eigenvalue weighted by atomic mass is 9.85. The molecule has 1 aromatic heterocycles. The van der Waals surface area contributed by atoms with Gasteiger partial charge in [-0.2, -0.15) is 5.26 Å². The zero-order chi connectivity index (χ0) is 24.2. The summed E-state index contributed by atoms with van der Waals surface area (Å²) in [6, 6.07) is 8.35. The largest absolute Gasteiger partial charge is 0.363 e. The Morgan fingerprint density at radius 2 is 2.00 bits per heavy atom. The minimum atomic E-state index is -0.663. The molecule has 2 aliphatic rings. The highest BCUT2D eigenvalue weighted by atomic mass is 16.2. The van der Waals surface area contributed by atoms with Crippen molar-refractivity contribution in [1.29, 1.82) is 5.26 Å². The van der Waals surface area contributed by atoms with Crippen molar-refractivity contribution in [2.45, 2.75) is 44.4 Å². The number of likely N-dealkylation sites (N-methyl/N-ethyl adjacent to an activating group) is 1. The monoisotopic (exact) mass is 460 g/mol. The maximum atomic E-state index is 12.4. The first kappa shape index (κ1) is 23.7. The number of nitrogens with two attached hydrogens (primary N) is 1. The number of amides is 2. The summed E-state index contributed by atoms with van der Waals surface area (Å²) >= 11 is 0. The first-order valence-corrected chi connectivity index (χ1v) is 11.9. The second-order valence-electron chi connectivity index (χ2n) is 9.44. The average molecular weight is 461 g/mol. The number of allylic oxidation sites excluding steroid dienone is 2. The molecule has 1 saturated heterocycles. The standard InChI is InChI=1S/C26H32N6O2/c1-30(2)17-24(33)31-12-10-18(11-13-31)20-8-9-23(22(14-20)19-6-4-3-5-7-19)32-16-21(15-27)29-26(32)25(28)34/h6,8-9,14,16,18H,3-5,7,10-13,17H2,1-2H3,(H2,28,34). The number of imidazole rings is 1. The van der Waals surface area contributed by atoms with Crippen LogP contribution in [0.15, 0.2) is 30.5 Å². The lowest BCUT2D eigenvalue weighted by molar-refractivity contribution is -0.132. The molecule has 34 heavy (non-hydrogen) atoms. The molecule has 1 aliphatic carbocycles. The summed E-state index contributed by atoms with van der Waals surface area (Å²) in [5.41, 5.74) is 10.1. The van der Waals surface area contributed by atoms with Crippen LogP contribution in [0.5, 0.6) is 0 Å². The van der Waals surface area contributed by atoms with Crippen molar-refractivity contribution in [2.24, 2.45) is 5.73 Å². The summed E-state index contributed by atoms with van der Waals surface area (Å²) < 4.78 is 1.65. The van der Waals surface area contributed by atoms with Gasteiger partial charge in [0.2, 0.25) is 11.7 Å². The fourth-order valence-corrected chi connectivity index (χ4v) is 4.98. The summed E-state index contributed by atoms with van der Waals surface area (Å²) in [6.45, 7) is 1.96. The van der Waals surface area contributed by atoms with E-state index in [2.05, 4.69) is 23.2 Å². The SMILES string of the molecule is CN(C)CC(=O)N1CCC(c2ccc(-n3cc(C#N)nc3C(N)=O)c(C3=CCCCC3)c2)CC1. The summed E-state index contributed by atoms with van der Waals surface area (Å²) in [4.78, 5) is 32.5. The minimum Gasteiger partial charge on any atom is -0.363 e. The number of aromatic nitrogens is 2. The summed E-state index contributed by atoms with van der Waals surface area (Å²) in [5, 5.41) is 9.33. The van der Waals surface area contributed by atoms with Crippen LogP contribution >= 0.6 is 0 Å². The van der Waals surface area contributed by atoms with E-state index in [0.717, 1.165) is 56.4 Å². The minimum absolute atomic E-state index is 0.0645. The number of hydrogen-bond acceptors (Lipinski definition) is 5. The van der Waals surface area contributed by atoms with Gasteiger partial charge in [-0.25, -0.2) is 4.98 Å². The molecule has 0 radical (unpaired) electrons. The van der Waals surface area contributed by atoms with Gasteiger partial charge in [0.25, 0.3) is 5.91 Å². The van der Waals surface area contributed by atoms with Crippen molar-refractivity contribution < 1.29 is 9.59 Å². The third kappa shape index (κ3) is 5.05. The Kier molecular flexibility index (Phi) is 7.13. The van der Waals surface area contributed by atoms with Crippen LogP contribution < -0.4 is 5.73 Å². The molecule has 2 aromatic rings. The number of hydrogen-bond donors (Lipinski definition) is 1. The number of carbonyl (C=O) groups excluding carboxylic acids is 2. The van der Waals surface area contributed by atoms with E-state index < -0.39 is 5.91 Å². The molecule has 1 aliphatic heterocycles. The van der Waals surface area contributed by atoms with Crippen LogP contribution in [-0.4, -0.2) is 64.9 Å². The van der Waals surface area contributed by atoms with E-state index in [4.69, 9.17) is 5.73 Å². The van der Waals surface area contributed by atoms with Crippen LogP contribution in [0.3, 0.4) is 0 Å². The predicted molar refractivity (Wildman–Crippen MR) is 130 cm³/mol. The van der Waals surface area contributed by atoms with Crippen molar-refractivity contribution in [1.82, 2.24) is 19.4 Å². The van der Waals surface area contributed by atoms with Crippen LogP contribution in [0.4, 0.5) is 0 Å². The Hall–Kier alpha value is -3.44. The highest BCUT2D eigenvalue weighted by Crippen LogP contribution is 2.36. The van der Waals surface area contributed by atoms with Gasteiger partial charge in [-0.1, -0.05) is 12.1 Å². The molecule has 178 valence electrons. The number of rotatable bonds is 6. The molecular weight excluding hydrogens is 428 g/mol. The molecule has 0 bridgehead atoms. The highest BCUT2D eigenvalue weighted by molar-refractivity contribution is 5.90. The van der Waals surface area contributed by atoms with Crippen molar-refractivity contribution in [2.75, 3.05) is 33.7 Å². The van der Waals surface area contributed by atoms with Gasteiger partial charge in [0.1, 0.15) is 6.07 Å². The fraction of sp³-hybridized carbons (Fsp3) is 0.462. The summed E-state index contributed by atoms with van der Waals surface area (Å²) in [5.74, 6) is -0.0497. The fourth-order valence-electron chi connectivity index (χ4n) is 4.98. The second kappa shape index (κ2) is 10.2. The van der Waals surface area contributed by atoms with E-state index >= 15 is 0 Å². The van der Waals surface area contributed by atoms with Crippen molar-refractivity contribution in [3.8, 4) is 11.8 Å². The van der Waals surface area contributed by atoms with Gasteiger partial charge in [-0.15, -0.1) is 0 Å². The Morgan fingerprint density at radius 1 is 1.24 bits per heavy atom. The van der Waals surface area contributed by atoms with E-state index in [-0.39, 0.29) is 17.4 Å². The lowest BCUT2D eigenvalue weighted by Gasteiger charge is -2.33. The van der Waals surface area contributed by atoms with Gasteiger partial charge in [-0.3, -0.25) is 14.2 Å². The number of nitrogens with zero attached hydrogens (tertiary/aromatic N) is 5. The van der Waals surface area contributed by atoms with Crippen LogP contribution in [0.25, 0.3) is 11.3 Å². The first-order valence-electron chi connectivity index (χ1n) is 11.9. The van der Waals surface area contributed by atoms with E-state index in [1.54, 1.807) is 10.8 Å². The smallest absolute Gasteiger partial charge is 0.285 e. The Labute approximate surface area is 200 Å². The number of benzene rings is 1. The number of piperidine rings is 1. The molecule has 0 spiro atoms. The van der Waals surface area contributed by atoms with Crippen LogP contribution in [-0.2, 0) is 4.79 Å². The topological polar surface area (TPSA) is 108 Å². The molecule has 0 saturated carbocycles. The average Bonchev–Trinajstić information content (AvgIpc) is 3.29. The number of nitriles is 1. The van der Waals surface area contributed by atoms with Gasteiger partial charge < -0.3 is 15.5 Å². The number of primary amides is 1. The summed E-state index contributed by atoms with van der Waals surface area (Å²) in [6.07, 6.45) is 10.0. The van der Waals surface area contributed by atoms with E-state index in [1.165, 1.54) is 17.6 Å². The molecule has 2 heterocycles. The van der Waals surface area contributed by atoms with Gasteiger partial charge in [0.15, 0.2) is 5.69 Å². The molecule has 1 fully saturated rings. The van der Waals surface area contributed by atoms with Gasteiger partial charge >= 0.3 is 0 Å². The Morgan fingerprint density at radius 3 is 2.62 bits per heavy atom. The molecule has 0 atom stereocenters. The molecule has 4 rings (SSSR count). The van der Waals surface area contributed by atoms with Gasteiger partial charge in [0.05, 0.1) is 12.2 Å². The first-order chi connectivity index (χ1) is 16.4. The molecule has 1 aromatic carbocycles.